The molecule has 6 heteroatoms. The topological polar surface area (TPSA) is 72.2 Å². The number of carboxylic acids is 1. The van der Waals surface area contributed by atoms with Crippen LogP contribution in [0.15, 0.2) is 18.2 Å². The summed E-state index contributed by atoms with van der Waals surface area (Å²) in [5, 5.41) is 8.91. The van der Waals surface area contributed by atoms with Gasteiger partial charge in [0, 0.05) is 23.1 Å². The summed E-state index contributed by atoms with van der Waals surface area (Å²) < 4.78 is 13.5. The summed E-state index contributed by atoms with van der Waals surface area (Å²) in [6.45, 7) is 0.685. The minimum atomic E-state index is -0.957. The van der Waals surface area contributed by atoms with Crippen LogP contribution in [0.2, 0.25) is 0 Å². The Morgan fingerprint density at radius 1 is 1.47 bits per heavy atom. The molecule has 1 aromatic carbocycles. The summed E-state index contributed by atoms with van der Waals surface area (Å²) in [7, 11) is -0.842. The molecule has 17 heavy (non-hydrogen) atoms. The van der Waals surface area contributed by atoms with Crippen LogP contribution in [0.5, 0.6) is 0 Å². The first-order chi connectivity index (χ1) is 8.15. The first kappa shape index (κ1) is 10.5. The molecule has 2 heterocycles. The number of aryl methyl sites for hydroxylation is 1. The fourth-order valence-corrected chi connectivity index (χ4v) is 3.12. The van der Waals surface area contributed by atoms with E-state index in [2.05, 4.69) is 4.98 Å². The fraction of sp³-hybridized carbons (Fsp3) is 0.273. The van der Waals surface area contributed by atoms with E-state index in [1.54, 1.807) is 18.2 Å². The lowest BCUT2D eigenvalue weighted by Crippen LogP contribution is -2.19. The van der Waals surface area contributed by atoms with E-state index in [-0.39, 0.29) is 5.56 Å². The Morgan fingerprint density at radius 2 is 2.29 bits per heavy atom. The van der Waals surface area contributed by atoms with E-state index in [0.717, 1.165) is 11.3 Å². The lowest BCUT2D eigenvalue weighted by atomic mass is 10.2. The van der Waals surface area contributed by atoms with Gasteiger partial charge >= 0.3 is 5.97 Å². The van der Waals surface area contributed by atoms with Crippen LogP contribution in [0.1, 0.15) is 16.2 Å². The second kappa shape index (κ2) is 3.66. The van der Waals surface area contributed by atoms with Gasteiger partial charge < -0.3 is 9.67 Å². The van der Waals surface area contributed by atoms with Crippen molar-refractivity contribution in [2.75, 3.05) is 5.75 Å². The molecule has 0 fully saturated rings. The van der Waals surface area contributed by atoms with E-state index in [4.69, 9.17) is 5.11 Å². The van der Waals surface area contributed by atoms with Crippen LogP contribution < -0.4 is 0 Å². The highest BCUT2D eigenvalue weighted by atomic mass is 32.2. The molecule has 0 aliphatic carbocycles. The Bertz CT molecular complexity index is 647. The predicted molar refractivity (Wildman–Crippen MR) is 63.4 cm³/mol. The number of carbonyl (C=O) groups is 1. The van der Waals surface area contributed by atoms with Gasteiger partial charge in [0.1, 0.15) is 5.82 Å². The van der Waals surface area contributed by atoms with E-state index in [1.807, 2.05) is 4.57 Å². The fourth-order valence-electron chi connectivity index (χ4n) is 2.08. The number of nitrogens with zero attached hydrogens (tertiary/aromatic N) is 2. The van der Waals surface area contributed by atoms with Gasteiger partial charge in [-0.25, -0.2) is 9.78 Å². The Balaban J connectivity index is 2.20. The normalized spacial score (nSPS) is 19.2. The zero-order chi connectivity index (χ0) is 12.0. The quantitative estimate of drug-likeness (QED) is 0.819. The molecule has 88 valence electrons. The van der Waals surface area contributed by atoms with Crippen molar-refractivity contribution in [3.63, 3.8) is 0 Å². The molecule has 2 aromatic rings. The maximum absolute atomic E-state index is 11.4. The molecule has 0 saturated carbocycles. The van der Waals surface area contributed by atoms with Crippen molar-refractivity contribution >= 4 is 27.8 Å². The third-order valence-electron chi connectivity index (χ3n) is 2.91. The van der Waals surface area contributed by atoms with Crippen molar-refractivity contribution < 1.29 is 14.1 Å². The van der Waals surface area contributed by atoms with Gasteiger partial charge in [0.2, 0.25) is 0 Å². The highest BCUT2D eigenvalue weighted by molar-refractivity contribution is 7.84. The number of fused-ring (bicyclic) bond motifs is 3. The van der Waals surface area contributed by atoms with Crippen LogP contribution in [0.25, 0.3) is 11.0 Å². The number of aromatic carboxylic acids is 1. The summed E-state index contributed by atoms with van der Waals surface area (Å²) >= 11 is 0. The first-order valence-electron chi connectivity index (χ1n) is 5.22. The molecule has 1 N–H and O–H groups in total. The molecule has 1 aliphatic rings. The number of benzene rings is 1. The van der Waals surface area contributed by atoms with E-state index >= 15 is 0 Å². The largest absolute Gasteiger partial charge is 0.478 e. The van der Waals surface area contributed by atoms with Crippen LogP contribution in [0.3, 0.4) is 0 Å². The van der Waals surface area contributed by atoms with Crippen LogP contribution in [0.4, 0.5) is 0 Å². The molecule has 0 spiro atoms. The van der Waals surface area contributed by atoms with Gasteiger partial charge in [0.05, 0.1) is 22.3 Å². The van der Waals surface area contributed by atoms with Gasteiger partial charge in [0.25, 0.3) is 0 Å². The Hall–Kier alpha value is -1.69. The number of carboxylic acid groups (broad SMARTS) is 1. The van der Waals surface area contributed by atoms with Crippen molar-refractivity contribution in [1.29, 1.82) is 0 Å². The van der Waals surface area contributed by atoms with E-state index in [9.17, 15) is 9.00 Å². The molecule has 1 aliphatic heterocycles. The summed E-state index contributed by atoms with van der Waals surface area (Å²) in [5.41, 5.74) is 1.81. The lowest BCUT2D eigenvalue weighted by molar-refractivity contribution is 0.0697. The Labute approximate surface area is 99.5 Å². The second-order valence-corrected chi connectivity index (χ2v) is 5.55. The van der Waals surface area contributed by atoms with Gasteiger partial charge in [-0.1, -0.05) is 0 Å². The molecule has 0 radical (unpaired) electrons. The van der Waals surface area contributed by atoms with Crippen LogP contribution >= 0.6 is 0 Å². The Morgan fingerprint density at radius 3 is 3.06 bits per heavy atom. The van der Waals surface area contributed by atoms with Crippen molar-refractivity contribution in [3.05, 3.63) is 29.6 Å². The van der Waals surface area contributed by atoms with Gasteiger partial charge in [0.15, 0.2) is 0 Å². The van der Waals surface area contributed by atoms with E-state index < -0.39 is 16.8 Å². The minimum absolute atomic E-state index is 0.231. The van der Waals surface area contributed by atoms with Gasteiger partial charge in [-0.3, -0.25) is 4.21 Å². The van der Waals surface area contributed by atoms with Crippen molar-refractivity contribution in [3.8, 4) is 0 Å². The average molecular weight is 250 g/mol. The predicted octanol–water partition coefficient (Wildman–Crippen LogP) is 0.997. The third kappa shape index (κ3) is 1.64. The maximum Gasteiger partial charge on any atom is 0.335 e. The minimum Gasteiger partial charge on any atom is -0.478 e. The standard InChI is InChI=1S/C11H10N2O3S/c14-11(15)7-1-2-9-8(5-7)12-10-6-17(16)4-3-13(9)10/h1-2,5H,3-4,6H2,(H,14,15)/t17-/m1/s1. The van der Waals surface area contributed by atoms with Gasteiger partial charge in [-0.15, -0.1) is 0 Å². The van der Waals surface area contributed by atoms with Crippen LogP contribution in [0, 0.1) is 0 Å². The Kier molecular flexibility index (Phi) is 2.25. The summed E-state index contributed by atoms with van der Waals surface area (Å²) in [4.78, 5) is 15.2. The molecular formula is C11H10N2O3S. The molecule has 1 aromatic heterocycles. The maximum atomic E-state index is 11.4. The van der Waals surface area contributed by atoms with Gasteiger partial charge in [-0.2, -0.15) is 0 Å². The molecular weight excluding hydrogens is 240 g/mol. The molecule has 0 bridgehead atoms. The van der Waals surface area contributed by atoms with E-state index in [0.29, 0.717) is 23.6 Å². The highest BCUT2D eigenvalue weighted by Crippen LogP contribution is 2.21. The molecule has 3 rings (SSSR count). The number of aromatic nitrogens is 2. The van der Waals surface area contributed by atoms with Crippen molar-refractivity contribution in [2.45, 2.75) is 12.3 Å². The van der Waals surface area contributed by atoms with E-state index in [1.165, 1.54) is 0 Å². The molecule has 5 nitrogen and oxygen atoms in total. The number of imidazole rings is 1. The summed E-state index contributed by atoms with van der Waals surface area (Å²) in [5.74, 6) is 0.921. The zero-order valence-electron chi connectivity index (χ0n) is 8.92. The average Bonchev–Trinajstić information content (AvgIpc) is 2.64. The molecule has 1 atom stereocenters. The van der Waals surface area contributed by atoms with Crippen molar-refractivity contribution in [1.82, 2.24) is 9.55 Å². The van der Waals surface area contributed by atoms with Crippen LogP contribution in [-0.2, 0) is 23.1 Å². The second-order valence-electron chi connectivity index (χ2n) is 3.98. The highest BCUT2D eigenvalue weighted by Gasteiger charge is 2.19. The molecule has 0 amide bonds. The third-order valence-corrected chi connectivity index (χ3v) is 4.12. The van der Waals surface area contributed by atoms with Crippen LogP contribution in [-0.4, -0.2) is 30.6 Å². The smallest absolute Gasteiger partial charge is 0.335 e. The van der Waals surface area contributed by atoms with Crippen molar-refractivity contribution in [2.24, 2.45) is 0 Å². The lowest BCUT2D eigenvalue weighted by Gasteiger charge is -2.13. The summed E-state index contributed by atoms with van der Waals surface area (Å²) in [6, 6.07) is 4.90. The first-order valence-corrected chi connectivity index (χ1v) is 6.71. The number of hydrogen-bond acceptors (Lipinski definition) is 3. The molecule has 0 unspecified atom stereocenters. The SMILES string of the molecule is O=C(O)c1ccc2c(c1)nc1n2CC[S@@](=O)C1. The van der Waals surface area contributed by atoms with Gasteiger partial charge in [-0.05, 0) is 18.2 Å². The number of rotatable bonds is 1. The zero-order valence-corrected chi connectivity index (χ0v) is 9.74. The molecule has 0 saturated heterocycles. The monoisotopic (exact) mass is 250 g/mol. The number of hydrogen-bond donors (Lipinski definition) is 1. The summed E-state index contributed by atoms with van der Waals surface area (Å²) in [6.07, 6.45) is 0.